The lowest BCUT2D eigenvalue weighted by Crippen LogP contribution is -2.44. The molecular formula is C29H30FN3O6. The van der Waals surface area contributed by atoms with Gasteiger partial charge in [-0.15, -0.1) is 0 Å². The van der Waals surface area contributed by atoms with Crippen LogP contribution in [0.25, 0.3) is 22.2 Å². The molecule has 0 spiro atoms. The van der Waals surface area contributed by atoms with Crippen LogP contribution in [-0.2, 0) is 34.9 Å². The summed E-state index contributed by atoms with van der Waals surface area (Å²) in [7, 11) is 0. The van der Waals surface area contributed by atoms with Gasteiger partial charge in [0, 0.05) is 41.7 Å². The highest BCUT2D eigenvalue weighted by molar-refractivity contribution is 5.88. The van der Waals surface area contributed by atoms with Gasteiger partial charge in [0.2, 0.25) is 0 Å². The first-order chi connectivity index (χ1) is 18.8. The van der Waals surface area contributed by atoms with Crippen LogP contribution in [0.4, 0.5) is 4.39 Å². The minimum absolute atomic E-state index is 0.00317. The standard InChI is InChI=1S/C29H30FN3O6/c1-2-29(38)20-10-23-25-24(12-32(23)27(36)19(20)14-39-28(29)37)33(17-6-7-31(11-17)16-4-3-5-16)22-8-15(13-34)21(30)9-18(22)26(25)35/h8-10,16-17,34,38H,2-7,11-14H2,1H3/t17-,29+/m1/s1. The number of fused-ring (bicyclic) bond motifs is 5. The van der Waals surface area contributed by atoms with Crippen molar-refractivity contribution in [1.82, 2.24) is 14.0 Å². The van der Waals surface area contributed by atoms with E-state index in [2.05, 4.69) is 9.47 Å². The van der Waals surface area contributed by atoms with Gasteiger partial charge in [0.05, 0.1) is 41.2 Å². The molecule has 5 heterocycles. The predicted molar refractivity (Wildman–Crippen MR) is 140 cm³/mol. The number of hydrogen-bond donors (Lipinski definition) is 2. The number of pyridine rings is 2. The van der Waals surface area contributed by atoms with Gasteiger partial charge >= 0.3 is 5.97 Å². The summed E-state index contributed by atoms with van der Waals surface area (Å²) >= 11 is 0. The molecule has 2 fully saturated rings. The molecule has 4 aliphatic rings. The zero-order valence-corrected chi connectivity index (χ0v) is 21.7. The minimum atomic E-state index is -1.99. The van der Waals surface area contributed by atoms with E-state index in [-0.39, 0.29) is 53.3 Å². The lowest BCUT2D eigenvalue weighted by Gasteiger charge is -2.35. The van der Waals surface area contributed by atoms with Crippen LogP contribution in [-0.4, -0.2) is 49.3 Å². The number of carbonyl (C=O) groups excluding carboxylic acids is 1. The van der Waals surface area contributed by atoms with Gasteiger partial charge in [0.25, 0.3) is 5.56 Å². The molecule has 0 amide bonds. The van der Waals surface area contributed by atoms with Crippen LogP contribution >= 0.6 is 0 Å². The number of aliphatic hydroxyl groups is 2. The SMILES string of the molecule is CC[C@@]1(O)C(=O)OCc2c1cc1n(c2=O)Cc2c-1c(=O)c1cc(F)c(CO)cc1n2[C@@H]1CCN(C2CCC2)C1. The molecule has 0 bridgehead atoms. The lowest BCUT2D eigenvalue weighted by molar-refractivity contribution is -0.172. The van der Waals surface area contributed by atoms with E-state index in [1.54, 1.807) is 19.1 Å². The fourth-order valence-corrected chi connectivity index (χ4v) is 6.95. The summed E-state index contributed by atoms with van der Waals surface area (Å²) < 4.78 is 23.6. The number of rotatable bonds is 4. The quantitative estimate of drug-likeness (QED) is 0.386. The van der Waals surface area contributed by atoms with Gasteiger partial charge in [-0.3, -0.25) is 14.5 Å². The summed E-state index contributed by atoms with van der Waals surface area (Å²) in [6.07, 6.45) is 4.41. The second-order valence-corrected chi connectivity index (χ2v) is 11.3. The van der Waals surface area contributed by atoms with Gasteiger partial charge < -0.3 is 24.1 Å². The molecule has 1 aromatic carbocycles. The molecule has 3 aromatic rings. The van der Waals surface area contributed by atoms with Gasteiger partial charge in [0.15, 0.2) is 11.0 Å². The molecule has 1 aliphatic carbocycles. The molecule has 3 aliphatic heterocycles. The van der Waals surface area contributed by atoms with Crippen molar-refractivity contribution in [3.63, 3.8) is 0 Å². The van der Waals surface area contributed by atoms with Gasteiger partial charge in [-0.2, -0.15) is 0 Å². The third kappa shape index (κ3) is 3.31. The summed E-state index contributed by atoms with van der Waals surface area (Å²) in [6, 6.07) is 4.85. The molecule has 10 heteroatoms. The molecule has 2 atom stereocenters. The van der Waals surface area contributed by atoms with Crippen LogP contribution in [0.2, 0.25) is 0 Å². The molecule has 204 valence electrons. The van der Waals surface area contributed by atoms with Gasteiger partial charge in [-0.1, -0.05) is 13.3 Å². The summed E-state index contributed by atoms with van der Waals surface area (Å²) in [6.45, 7) is 2.71. The number of ether oxygens (including phenoxy) is 1. The van der Waals surface area contributed by atoms with E-state index in [1.165, 1.54) is 29.9 Å². The summed E-state index contributed by atoms with van der Waals surface area (Å²) in [5, 5.41) is 21.2. The number of carbonyl (C=O) groups is 1. The molecule has 9 nitrogen and oxygen atoms in total. The number of likely N-dealkylation sites (tertiary alicyclic amines) is 1. The molecule has 1 saturated heterocycles. The minimum Gasteiger partial charge on any atom is -0.458 e. The van der Waals surface area contributed by atoms with E-state index in [0.717, 1.165) is 19.5 Å². The number of esters is 1. The average Bonchev–Trinajstić information content (AvgIpc) is 3.51. The Morgan fingerprint density at radius 1 is 1.13 bits per heavy atom. The fourth-order valence-electron chi connectivity index (χ4n) is 6.95. The van der Waals surface area contributed by atoms with Crippen LogP contribution in [0.15, 0.2) is 27.8 Å². The monoisotopic (exact) mass is 535 g/mol. The van der Waals surface area contributed by atoms with E-state index < -0.39 is 35.0 Å². The Hall–Kier alpha value is -3.34. The highest BCUT2D eigenvalue weighted by Crippen LogP contribution is 2.41. The van der Waals surface area contributed by atoms with Crippen molar-refractivity contribution in [1.29, 1.82) is 0 Å². The predicted octanol–water partition coefficient (Wildman–Crippen LogP) is 2.28. The molecule has 0 radical (unpaired) electrons. The Balaban J connectivity index is 1.50. The van der Waals surface area contributed by atoms with E-state index >= 15 is 0 Å². The Kier molecular flexibility index (Phi) is 5.43. The number of cyclic esters (lactones) is 1. The van der Waals surface area contributed by atoms with E-state index in [9.17, 15) is 29.0 Å². The van der Waals surface area contributed by atoms with Crippen molar-refractivity contribution in [3.8, 4) is 11.3 Å². The van der Waals surface area contributed by atoms with Crippen molar-refractivity contribution in [3.05, 3.63) is 67.0 Å². The molecule has 2 aromatic heterocycles. The first-order valence-corrected chi connectivity index (χ1v) is 13.7. The lowest BCUT2D eigenvalue weighted by atomic mass is 9.85. The number of hydrogen-bond acceptors (Lipinski definition) is 7. The van der Waals surface area contributed by atoms with Crippen LogP contribution in [0.3, 0.4) is 0 Å². The van der Waals surface area contributed by atoms with Crippen LogP contribution < -0.4 is 11.0 Å². The molecular weight excluding hydrogens is 505 g/mol. The average molecular weight is 536 g/mol. The first kappa shape index (κ1) is 24.7. The maximum atomic E-state index is 14.9. The van der Waals surface area contributed by atoms with E-state index in [4.69, 9.17) is 4.74 Å². The first-order valence-electron chi connectivity index (χ1n) is 13.7. The number of halogens is 1. The number of aromatic nitrogens is 2. The van der Waals surface area contributed by atoms with Crippen molar-refractivity contribution in [2.24, 2.45) is 0 Å². The van der Waals surface area contributed by atoms with Crippen LogP contribution in [0.5, 0.6) is 0 Å². The topological polar surface area (TPSA) is 114 Å². The molecule has 2 N–H and O–H groups in total. The normalized spacial score (nSPS) is 24.4. The Morgan fingerprint density at radius 3 is 2.62 bits per heavy atom. The third-order valence-corrected chi connectivity index (χ3v) is 9.40. The van der Waals surface area contributed by atoms with Gasteiger partial charge in [0.1, 0.15) is 12.4 Å². The Labute approximate surface area is 223 Å². The van der Waals surface area contributed by atoms with Crippen molar-refractivity contribution in [2.45, 2.75) is 76.5 Å². The molecule has 7 rings (SSSR count). The summed E-state index contributed by atoms with van der Waals surface area (Å²) in [5.41, 5.74) is -0.562. The highest BCUT2D eigenvalue weighted by Gasteiger charge is 2.46. The highest BCUT2D eigenvalue weighted by atomic mass is 19.1. The van der Waals surface area contributed by atoms with Crippen LogP contribution in [0.1, 0.15) is 67.5 Å². The Bertz CT molecular complexity index is 1690. The smallest absolute Gasteiger partial charge is 0.343 e. The summed E-state index contributed by atoms with van der Waals surface area (Å²) in [5.74, 6) is -1.49. The van der Waals surface area contributed by atoms with Gasteiger partial charge in [-0.25, -0.2) is 9.18 Å². The van der Waals surface area contributed by atoms with E-state index in [1.807, 2.05) is 0 Å². The molecule has 1 saturated carbocycles. The Morgan fingerprint density at radius 2 is 1.92 bits per heavy atom. The van der Waals surface area contributed by atoms with Crippen molar-refractivity contribution >= 4 is 16.9 Å². The maximum absolute atomic E-state index is 14.9. The zero-order valence-electron chi connectivity index (χ0n) is 21.7. The van der Waals surface area contributed by atoms with Gasteiger partial charge in [-0.05, 0) is 43.9 Å². The largest absolute Gasteiger partial charge is 0.458 e. The second kappa shape index (κ2) is 8.58. The second-order valence-electron chi connectivity index (χ2n) is 11.3. The molecule has 0 unspecified atom stereocenters. The molecule has 39 heavy (non-hydrogen) atoms. The van der Waals surface area contributed by atoms with Crippen molar-refractivity contribution in [2.75, 3.05) is 13.1 Å². The zero-order chi connectivity index (χ0) is 27.2. The van der Waals surface area contributed by atoms with Crippen LogP contribution in [0, 0.1) is 5.82 Å². The van der Waals surface area contributed by atoms with E-state index in [0.29, 0.717) is 22.9 Å². The number of aliphatic hydroxyl groups excluding tert-OH is 1. The third-order valence-electron chi connectivity index (χ3n) is 9.40. The summed E-state index contributed by atoms with van der Waals surface area (Å²) in [4.78, 5) is 42.7. The fraction of sp³-hybridized carbons (Fsp3) is 0.483. The van der Waals surface area contributed by atoms with Crippen molar-refractivity contribution < 1.29 is 24.1 Å². The maximum Gasteiger partial charge on any atom is 0.343 e. The number of nitrogens with zero attached hydrogens (tertiary/aromatic N) is 3. The number of benzene rings is 1.